The summed E-state index contributed by atoms with van der Waals surface area (Å²) >= 11 is 0. The number of rotatable bonds is 2. The fourth-order valence-corrected chi connectivity index (χ4v) is 1.46. The third kappa shape index (κ3) is 2.03. The maximum atomic E-state index is 4.29. The van der Waals surface area contributed by atoms with E-state index in [-0.39, 0.29) is 0 Å². The van der Waals surface area contributed by atoms with E-state index in [1.165, 1.54) is 0 Å². The minimum atomic E-state index is 0.571. The van der Waals surface area contributed by atoms with Crippen LogP contribution in [-0.4, -0.2) is 14.6 Å². The highest BCUT2D eigenvalue weighted by atomic mass is 15.3. The molecule has 0 saturated heterocycles. The number of hydrogen-bond donors (Lipinski definition) is 0. The number of aromatic nitrogens is 3. The van der Waals surface area contributed by atoms with Crippen LogP contribution in [0.3, 0.4) is 0 Å². The van der Waals surface area contributed by atoms with Crippen LogP contribution in [-0.2, 0) is 0 Å². The van der Waals surface area contributed by atoms with Crippen molar-refractivity contribution in [3.8, 4) is 0 Å². The lowest BCUT2D eigenvalue weighted by Gasteiger charge is -1.94. The topological polar surface area (TPSA) is 54.9 Å². The van der Waals surface area contributed by atoms with Crippen molar-refractivity contribution in [3.63, 3.8) is 0 Å². The number of fused-ring (bicyclic) bond motifs is 1. The van der Waals surface area contributed by atoms with E-state index in [1.807, 2.05) is 42.6 Å². The van der Waals surface area contributed by atoms with Crippen LogP contribution < -0.4 is 0 Å². The Bertz CT molecular complexity index is 657. The first kappa shape index (κ1) is 9.65. The average molecular weight is 223 g/mol. The standard InChI is InChI=1S/C12H9N5/c1-2-4-10(5-3-1)15-16-11-7-9-17-12(14-11)6-8-13-17/h1-9H/b16-15+. The third-order valence-electron chi connectivity index (χ3n) is 2.27. The average Bonchev–Trinajstić information content (AvgIpc) is 2.85. The van der Waals surface area contributed by atoms with Crippen LogP contribution in [0.15, 0.2) is 65.1 Å². The van der Waals surface area contributed by atoms with E-state index in [0.29, 0.717) is 5.82 Å². The highest BCUT2D eigenvalue weighted by Gasteiger charge is 1.96. The summed E-state index contributed by atoms with van der Waals surface area (Å²) in [5.74, 6) is 0.571. The number of benzene rings is 1. The normalized spacial score (nSPS) is 11.3. The van der Waals surface area contributed by atoms with Gasteiger partial charge in [-0.2, -0.15) is 5.10 Å². The van der Waals surface area contributed by atoms with Crippen LogP contribution in [0.4, 0.5) is 11.5 Å². The second-order valence-electron chi connectivity index (χ2n) is 3.46. The molecular weight excluding hydrogens is 214 g/mol. The molecule has 0 saturated carbocycles. The van der Waals surface area contributed by atoms with Gasteiger partial charge in [0.15, 0.2) is 11.5 Å². The molecule has 0 radical (unpaired) electrons. The minimum Gasteiger partial charge on any atom is -0.222 e. The van der Waals surface area contributed by atoms with E-state index in [1.54, 1.807) is 16.8 Å². The molecule has 0 aliphatic heterocycles. The van der Waals surface area contributed by atoms with Crippen LogP contribution in [0.1, 0.15) is 0 Å². The predicted octanol–water partition coefficient (Wildman–Crippen LogP) is 3.14. The zero-order valence-corrected chi connectivity index (χ0v) is 8.93. The Kier molecular flexibility index (Phi) is 2.34. The SMILES string of the molecule is c1ccc(/N=N/c2ccn3nccc3n2)cc1. The van der Waals surface area contributed by atoms with E-state index in [0.717, 1.165) is 11.3 Å². The first-order chi connectivity index (χ1) is 8.42. The summed E-state index contributed by atoms with van der Waals surface area (Å²) in [7, 11) is 0. The van der Waals surface area contributed by atoms with Gasteiger partial charge in [-0.15, -0.1) is 10.2 Å². The summed E-state index contributed by atoms with van der Waals surface area (Å²) in [5.41, 5.74) is 1.57. The van der Waals surface area contributed by atoms with Gasteiger partial charge in [-0.3, -0.25) is 0 Å². The van der Waals surface area contributed by atoms with E-state index in [2.05, 4.69) is 20.3 Å². The Morgan fingerprint density at radius 1 is 0.941 bits per heavy atom. The van der Waals surface area contributed by atoms with Crippen LogP contribution >= 0.6 is 0 Å². The molecule has 5 nitrogen and oxygen atoms in total. The van der Waals surface area contributed by atoms with E-state index < -0.39 is 0 Å². The number of hydrogen-bond acceptors (Lipinski definition) is 4. The molecule has 0 fully saturated rings. The Morgan fingerprint density at radius 3 is 2.71 bits per heavy atom. The van der Waals surface area contributed by atoms with Gasteiger partial charge in [0.1, 0.15) is 0 Å². The smallest absolute Gasteiger partial charge is 0.178 e. The highest BCUT2D eigenvalue weighted by molar-refractivity contribution is 5.43. The summed E-state index contributed by atoms with van der Waals surface area (Å²) in [6.07, 6.45) is 3.50. The minimum absolute atomic E-state index is 0.571. The van der Waals surface area contributed by atoms with Crippen LogP contribution in [0.25, 0.3) is 5.65 Å². The Hall–Kier alpha value is -2.56. The lowest BCUT2D eigenvalue weighted by molar-refractivity contribution is 0.935. The summed E-state index contributed by atoms with van der Waals surface area (Å²) < 4.78 is 1.68. The van der Waals surface area contributed by atoms with Crippen molar-refractivity contribution in [1.82, 2.24) is 14.6 Å². The van der Waals surface area contributed by atoms with Crippen LogP contribution in [0.2, 0.25) is 0 Å². The molecule has 3 rings (SSSR count). The molecule has 2 heterocycles. The van der Waals surface area contributed by atoms with Crippen molar-refractivity contribution in [2.24, 2.45) is 10.2 Å². The van der Waals surface area contributed by atoms with Gasteiger partial charge in [-0.25, -0.2) is 9.50 Å². The lowest BCUT2D eigenvalue weighted by Crippen LogP contribution is -1.87. The molecule has 0 N–H and O–H groups in total. The Labute approximate surface area is 97.5 Å². The molecule has 0 atom stereocenters. The summed E-state index contributed by atoms with van der Waals surface area (Å²) in [5, 5.41) is 12.2. The van der Waals surface area contributed by atoms with E-state index in [9.17, 15) is 0 Å². The second kappa shape index (κ2) is 4.13. The number of azo groups is 1. The van der Waals surface area contributed by atoms with E-state index >= 15 is 0 Å². The van der Waals surface area contributed by atoms with Crippen molar-refractivity contribution in [2.45, 2.75) is 0 Å². The zero-order valence-electron chi connectivity index (χ0n) is 8.93. The quantitative estimate of drug-likeness (QED) is 0.626. The van der Waals surface area contributed by atoms with Crippen LogP contribution in [0.5, 0.6) is 0 Å². The molecule has 3 aromatic rings. The molecular formula is C12H9N5. The first-order valence-corrected chi connectivity index (χ1v) is 5.19. The van der Waals surface area contributed by atoms with Gasteiger partial charge in [0.25, 0.3) is 0 Å². The highest BCUT2D eigenvalue weighted by Crippen LogP contribution is 2.15. The largest absolute Gasteiger partial charge is 0.222 e. The fraction of sp³-hybridized carbons (Fsp3) is 0. The fourth-order valence-electron chi connectivity index (χ4n) is 1.46. The lowest BCUT2D eigenvalue weighted by atomic mass is 10.3. The van der Waals surface area contributed by atoms with Gasteiger partial charge in [-0.1, -0.05) is 18.2 Å². The summed E-state index contributed by atoms with van der Waals surface area (Å²) in [6.45, 7) is 0. The summed E-state index contributed by atoms with van der Waals surface area (Å²) in [4.78, 5) is 4.29. The van der Waals surface area contributed by atoms with Gasteiger partial charge in [0, 0.05) is 18.3 Å². The molecule has 0 unspecified atom stereocenters. The third-order valence-corrected chi connectivity index (χ3v) is 2.27. The van der Waals surface area contributed by atoms with Crippen molar-refractivity contribution in [2.75, 3.05) is 0 Å². The molecule has 0 amide bonds. The molecule has 2 aromatic heterocycles. The molecule has 82 valence electrons. The monoisotopic (exact) mass is 223 g/mol. The van der Waals surface area contributed by atoms with Crippen molar-refractivity contribution >= 4 is 17.2 Å². The van der Waals surface area contributed by atoms with Gasteiger partial charge in [0.05, 0.1) is 11.9 Å². The van der Waals surface area contributed by atoms with E-state index in [4.69, 9.17) is 0 Å². The molecule has 17 heavy (non-hydrogen) atoms. The van der Waals surface area contributed by atoms with Gasteiger partial charge >= 0.3 is 0 Å². The first-order valence-electron chi connectivity index (χ1n) is 5.19. The zero-order chi connectivity index (χ0) is 11.5. The van der Waals surface area contributed by atoms with Crippen molar-refractivity contribution in [3.05, 3.63) is 54.9 Å². The second-order valence-corrected chi connectivity index (χ2v) is 3.46. The number of nitrogens with zero attached hydrogens (tertiary/aromatic N) is 5. The van der Waals surface area contributed by atoms with Crippen molar-refractivity contribution < 1.29 is 0 Å². The molecule has 0 spiro atoms. The summed E-state index contributed by atoms with van der Waals surface area (Å²) in [6, 6.07) is 13.1. The maximum absolute atomic E-state index is 4.29. The Balaban J connectivity index is 1.92. The molecule has 0 aliphatic carbocycles. The van der Waals surface area contributed by atoms with Crippen LogP contribution in [0, 0.1) is 0 Å². The van der Waals surface area contributed by atoms with Crippen molar-refractivity contribution in [1.29, 1.82) is 0 Å². The molecule has 0 aliphatic rings. The predicted molar refractivity (Wildman–Crippen MR) is 63.6 cm³/mol. The molecule has 5 heteroatoms. The van der Waals surface area contributed by atoms with Gasteiger partial charge < -0.3 is 0 Å². The van der Waals surface area contributed by atoms with Gasteiger partial charge in [-0.05, 0) is 12.1 Å². The maximum Gasteiger partial charge on any atom is 0.178 e. The Morgan fingerprint density at radius 2 is 1.82 bits per heavy atom. The van der Waals surface area contributed by atoms with Gasteiger partial charge in [0.2, 0.25) is 0 Å². The molecule has 0 bridgehead atoms. The molecule has 1 aromatic carbocycles.